The fourth-order valence-corrected chi connectivity index (χ4v) is 2.30. The van der Waals surface area contributed by atoms with Crippen LogP contribution >= 0.6 is 0 Å². The summed E-state index contributed by atoms with van der Waals surface area (Å²) in [7, 11) is 0. The molecule has 130 valence electrons. The molecule has 0 saturated carbocycles. The van der Waals surface area contributed by atoms with E-state index in [9.17, 15) is 10.4 Å². The van der Waals surface area contributed by atoms with Crippen LogP contribution in [0.3, 0.4) is 0 Å². The van der Waals surface area contributed by atoms with Crippen LogP contribution in [0.2, 0.25) is 0 Å². The zero-order valence-electron chi connectivity index (χ0n) is 13.9. The van der Waals surface area contributed by atoms with Gasteiger partial charge in [-0.2, -0.15) is 10.4 Å². The first kappa shape index (κ1) is 16.8. The van der Waals surface area contributed by atoms with Crippen molar-refractivity contribution in [3.63, 3.8) is 0 Å². The van der Waals surface area contributed by atoms with E-state index in [0.29, 0.717) is 34.3 Å². The Morgan fingerprint density at radius 1 is 1.32 bits per heavy atom. The average Bonchev–Trinajstić information content (AvgIpc) is 3.08. The Morgan fingerprint density at radius 3 is 2.92 bits per heavy atom. The zero-order chi connectivity index (χ0) is 17.8. The number of fused-ring (bicyclic) bond motifs is 1. The number of rotatable bonds is 6. The number of hydrogen-bond acceptors (Lipinski definition) is 8. The van der Waals surface area contributed by atoms with E-state index < -0.39 is 6.10 Å². The van der Waals surface area contributed by atoms with Gasteiger partial charge in [0.2, 0.25) is 6.79 Å². The molecule has 1 aliphatic heterocycles. The molecule has 2 heterocycles. The largest absolute Gasteiger partial charge is 0.491 e. The number of aryl methyl sites for hydroxylation is 1. The third-order valence-corrected chi connectivity index (χ3v) is 3.86. The Hall–Kier alpha value is -3.05. The normalized spacial score (nSPS) is 13.2. The molecule has 0 fully saturated rings. The van der Waals surface area contributed by atoms with Crippen LogP contribution in [0.4, 0.5) is 5.82 Å². The summed E-state index contributed by atoms with van der Waals surface area (Å²) >= 11 is 0. The predicted molar refractivity (Wildman–Crippen MR) is 88.8 cm³/mol. The van der Waals surface area contributed by atoms with Gasteiger partial charge in [0.1, 0.15) is 30.1 Å². The van der Waals surface area contributed by atoms with Crippen LogP contribution in [0.1, 0.15) is 16.8 Å². The maximum Gasteiger partial charge on any atom is 0.231 e. The zero-order valence-corrected chi connectivity index (χ0v) is 13.9. The van der Waals surface area contributed by atoms with Gasteiger partial charge >= 0.3 is 0 Å². The van der Waals surface area contributed by atoms with Gasteiger partial charge in [-0.1, -0.05) is 0 Å². The van der Waals surface area contributed by atoms with E-state index in [1.807, 2.05) is 6.92 Å². The van der Waals surface area contributed by atoms with Crippen molar-refractivity contribution in [1.29, 1.82) is 5.26 Å². The van der Waals surface area contributed by atoms with Crippen molar-refractivity contribution >= 4 is 5.82 Å². The summed E-state index contributed by atoms with van der Waals surface area (Å²) in [6.45, 7) is 4.06. The number of aliphatic hydroxyl groups is 1. The maximum atomic E-state index is 10.1. The molecule has 8 heteroatoms. The van der Waals surface area contributed by atoms with E-state index in [4.69, 9.17) is 14.2 Å². The molecular formula is C17H18N4O4. The van der Waals surface area contributed by atoms with Crippen molar-refractivity contribution in [3.8, 4) is 23.3 Å². The lowest BCUT2D eigenvalue weighted by Crippen LogP contribution is -2.27. The SMILES string of the molecule is Cc1nnc(NC[C@H](O)COc2ccc3c(c2)OCO3)c(C#N)c1C. The summed E-state index contributed by atoms with van der Waals surface area (Å²) in [5.41, 5.74) is 1.90. The number of benzene rings is 1. The number of nitrogens with one attached hydrogen (secondary N) is 1. The van der Waals surface area contributed by atoms with Crippen molar-refractivity contribution in [2.45, 2.75) is 20.0 Å². The molecule has 1 aromatic carbocycles. The third-order valence-electron chi connectivity index (χ3n) is 3.86. The summed E-state index contributed by atoms with van der Waals surface area (Å²) in [6.07, 6.45) is -0.791. The smallest absolute Gasteiger partial charge is 0.231 e. The molecule has 0 saturated heterocycles. The van der Waals surface area contributed by atoms with Crippen LogP contribution in [0, 0.1) is 25.2 Å². The van der Waals surface area contributed by atoms with E-state index in [-0.39, 0.29) is 19.9 Å². The first-order chi connectivity index (χ1) is 12.1. The molecule has 1 aromatic heterocycles. The minimum atomic E-state index is -0.791. The Balaban J connectivity index is 1.54. The molecule has 1 atom stereocenters. The number of ether oxygens (including phenoxy) is 3. The fourth-order valence-electron chi connectivity index (χ4n) is 2.30. The van der Waals surface area contributed by atoms with Gasteiger partial charge in [0.25, 0.3) is 0 Å². The first-order valence-electron chi connectivity index (χ1n) is 7.77. The molecule has 2 aromatic rings. The second kappa shape index (κ2) is 7.23. The molecule has 2 N–H and O–H groups in total. The van der Waals surface area contributed by atoms with Crippen molar-refractivity contribution in [3.05, 3.63) is 35.0 Å². The molecule has 0 amide bonds. The lowest BCUT2D eigenvalue weighted by Gasteiger charge is -2.15. The Bertz CT molecular complexity index is 819. The second-order valence-electron chi connectivity index (χ2n) is 5.61. The first-order valence-corrected chi connectivity index (χ1v) is 7.77. The number of anilines is 1. The highest BCUT2D eigenvalue weighted by atomic mass is 16.7. The van der Waals surface area contributed by atoms with Gasteiger partial charge in [-0.25, -0.2) is 0 Å². The maximum absolute atomic E-state index is 10.1. The minimum Gasteiger partial charge on any atom is -0.491 e. The van der Waals surface area contributed by atoms with Crippen LogP contribution in [0.15, 0.2) is 18.2 Å². The predicted octanol–water partition coefficient (Wildman–Crippen LogP) is 1.55. The standard InChI is InChI=1S/C17H18N4O4/c1-10-11(2)20-21-17(14(10)6-18)19-7-12(22)8-23-13-3-4-15-16(5-13)25-9-24-15/h3-5,12,22H,7-9H2,1-2H3,(H,19,21)/t12-/m0/s1. The summed E-state index contributed by atoms with van der Waals surface area (Å²) < 4.78 is 16.1. The molecule has 3 rings (SSSR count). The van der Waals surface area contributed by atoms with E-state index in [1.165, 1.54) is 0 Å². The van der Waals surface area contributed by atoms with Gasteiger partial charge in [-0.05, 0) is 31.5 Å². The molecule has 0 aliphatic carbocycles. The van der Waals surface area contributed by atoms with Gasteiger partial charge in [0.15, 0.2) is 17.3 Å². The number of nitrogens with zero attached hydrogens (tertiary/aromatic N) is 3. The molecular weight excluding hydrogens is 324 g/mol. The highest BCUT2D eigenvalue weighted by molar-refractivity contribution is 5.55. The Morgan fingerprint density at radius 2 is 2.12 bits per heavy atom. The van der Waals surface area contributed by atoms with E-state index >= 15 is 0 Å². The lowest BCUT2D eigenvalue weighted by molar-refractivity contribution is 0.117. The molecule has 0 unspecified atom stereocenters. The number of nitriles is 1. The number of aliphatic hydroxyl groups excluding tert-OH is 1. The summed E-state index contributed by atoms with van der Waals surface area (Å²) in [5, 5.41) is 30.2. The molecule has 0 bridgehead atoms. The van der Waals surface area contributed by atoms with Gasteiger partial charge in [-0.3, -0.25) is 0 Å². The van der Waals surface area contributed by atoms with Crippen LogP contribution in [0.25, 0.3) is 0 Å². The molecule has 0 spiro atoms. The summed E-state index contributed by atoms with van der Waals surface area (Å²) in [6, 6.07) is 7.32. The van der Waals surface area contributed by atoms with Crippen molar-refractivity contribution < 1.29 is 19.3 Å². The van der Waals surface area contributed by atoms with Crippen molar-refractivity contribution in [2.75, 3.05) is 25.3 Å². The van der Waals surface area contributed by atoms with E-state index in [0.717, 1.165) is 5.56 Å². The van der Waals surface area contributed by atoms with Crippen LogP contribution in [-0.2, 0) is 0 Å². The van der Waals surface area contributed by atoms with Crippen molar-refractivity contribution in [2.24, 2.45) is 0 Å². The number of hydrogen-bond donors (Lipinski definition) is 2. The monoisotopic (exact) mass is 342 g/mol. The van der Waals surface area contributed by atoms with Gasteiger partial charge in [0, 0.05) is 12.6 Å². The highest BCUT2D eigenvalue weighted by Gasteiger charge is 2.15. The van der Waals surface area contributed by atoms with Gasteiger partial charge in [0.05, 0.1) is 5.69 Å². The van der Waals surface area contributed by atoms with Crippen molar-refractivity contribution in [1.82, 2.24) is 10.2 Å². The molecule has 8 nitrogen and oxygen atoms in total. The topological polar surface area (TPSA) is 110 Å². The molecule has 1 aliphatic rings. The fraction of sp³-hybridized carbons (Fsp3) is 0.353. The molecule has 25 heavy (non-hydrogen) atoms. The number of aromatic nitrogens is 2. The van der Waals surface area contributed by atoms with Crippen LogP contribution < -0.4 is 19.5 Å². The van der Waals surface area contributed by atoms with Crippen LogP contribution in [0.5, 0.6) is 17.2 Å². The quantitative estimate of drug-likeness (QED) is 0.814. The minimum absolute atomic E-state index is 0.0762. The summed E-state index contributed by atoms with van der Waals surface area (Å²) in [4.78, 5) is 0. The molecule has 0 radical (unpaired) electrons. The lowest BCUT2D eigenvalue weighted by atomic mass is 10.1. The van der Waals surface area contributed by atoms with Gasteiger partial charge < -0.3 is 24.6 Å². The highest BCUT2D eigenvalue weighted by Crippen LogP contribution is 2.35. The second-order valence-corrected chi connectivity index (χ2v) is 5.61. The van der Waals surface area contributed by atoms with Crippen LogP contribution in [-0.4, -0.2) is 41.4 Å². The van der Waals surface area contributed by atoms with E-state index in [1.54, 1.807) is 25.1 Å². The van der Waals surface area contributed by atoms with Gasteiger partial charge in [-0.15, -0.1) is 5.10 Å². The Kier molecular flexibility index (Phi) is 4.86. The average molecular weight is 342 g/mol. The summed E-state index contributed by atoms with van der Waals surface area (Å²) in [5.74, 6) is 2.22. The Labute approximate surface area is 145 Å². The third kappa shape index (κ3) is 3.72. The van der Waals surface area contributed by atoms with E-state index in [2.05, 4.69) is 21.6 Å².